The zero-order valence-electron chi connectivity index (χ0n) is 18.9. The fraction of sp³-hybridized carbons (Fsp3) is 0.346. The van der Waals surface area contributed by atoms with Gasteiger partial charge in [-0.05, 0) is 68.4 Å². The molecule has 1 aliphatic carbocycles. The first kappa shape index (κ1) is 20.3. The first-order chi connectivity index (χ1) is 16.2. The smallest absolute Gasteiger partial charge is 0.149 e. The van der Waals surface area contributed by atoms with Crippen LogP contribution < -0.4 is 9.80 Å². The van der Waals surface area contributed by atoms with E-state index in [4.69, 9.17) is 0 Å². The molecule has 1 atom stereocenters. The second-order valence-electron chi connectivity index (χ2n) is 9.24. The van der Waals surface area contributed by atoms with E-state index in [2.05, 4.69) is 73.3 Å². The van der Waals surface area contributed by atoms with Crippen LogP contribution in [0, 0.1) is 5.82 Å². The number of nitrogens with one attached hydrogen (secondary N) is 1. The average Bonchev–Trinajstić information content (AvgIpc) is 3.41. The first-order valence-electron chi connectivity index (χ1n) is 11.7. The minimum atomic E-state index is -0.236. The Morgan fingerprint density at radius 2 is 1.58 bits per heavy atom. The number of rotatable bonds is 5. The maximum absolute atomic E-state index is 13.5. The summed E-state index contributed by atoms with van der Waals surface area (Å²) in [6.45, 7) is 4.32. The van der Waals surface area contributed by atoms with E-state index >= 15 is 0 Å². The molecule has 2 fully saturated rings. The van der Waals surface area contributed by atoms with E-state index in [0.717, 1.165) is 48.8 Å². The van der Waals surface area contributed by atoms with Crippen LogP contribution in [0.15, 0.2) is 67.3 Å². The molecule has 33 heavy (non-hydrogen) atoms. The van der Waals surface area contributed by atoms with E-state index in [-0.39, 0.29) is 12.0 Å². The van der Waals surface area contributed by atoms with Crippen LogP contribution in [0.1, 0.15) is 24.7 Å². The summed E-state index contributed by atoms with van der Waals surface area (Å²) < 4.78 is 13.5. The predicted molar refractivity (Wildman–Crippen MR) is 129 cm³/mol. The molecule has 6 nitrogen and oxygen atoms in total. The summed E-state index contributed by atoms with van der Waals surface area (Å²) in [5.41, 5.74) is 5.24. The monoisotopic (exact) mass is 444 g/mol. The summed E-state index contributed by atoms with van der Waals surface area (Å²) in [7, 11) is 2.18. The lowest BCUT2D eigenvalue weighted by Gasteiger charge is -2.35. The number of aromatic nitrogens is 2. The number of anilines is 2. The van der Waals surface area contributed by atoms with Crippen molar-refractivity contribution in [2.75, 3.05) is 43.0 Å². The molecule has 0 amide bonds. The maximum atomic E-state index is 13.5. The second-order valence-corrected chi connectivity index (χ2v) is 9.24. The highest BCUT2D eigenvalue weighted by Crippen LogP contribution is 2.44. The minimum Gasteiger partial charge on any atom is -0.369 e. The van der Waals surface area contributed by atoms with Gasteiger partial charge in [0.05, 0.1) is 17.7 Å². The van der Waals surface area contributed by atoms with Crippen LogP contribution in [-0.4, -0.2) is 59.0 Å². The summed E-state index contributed by atoms with van der Waals surface area (Å²) in [5, 5.41) is 0. The molecule has 170 valence electrons. The van der Waals surface area contributed by atoms with E-state index in [1.165, 1.54) is 30.7 Å². The summed E-state index contributed by atoms with van der Waals surface area (Å²) in [5.74, 6) is -0.236. The lowest BCUT2D eigenvalue weighted by Crippen LogP contribution is -2.44. The second kappa shape index (κ2) is 8.23. The molecule has 1 unspecified atom stereocenters. The molecule has 7 heteroatoms. The molecule has 1 saturated heterocycles. The molecule has 0 spiro atoms. The number of benzene rings is 2. The summed E-state index contributed by atoms with van der Waals surface area (Å²) in [6, 6.07) is 16.0. The third kappa shape index (κ3) is 3.86. The number of aromatic amines is 1. The number of imidazole rings is 1. The molecule has 0 bridgehead atoms. The van der Waals surface area contributed by atoms with Crippen molar-refractivity contribution >= 4 is 11.4 Å². The molecule has 2 aliphatic heterocycles. The van der Waals surface area contributed by atoms with Crippen molar-refractivity contribution in [2.45, 2.75) is 25.0 Å². The van der Waals surface area contributed by atoms with Crippen LogP contribution in [0.5, 0.6) is 0 Å². The van der Waals surface area contributed by atoms with Crippen molar-refractivity contribution in [1.82, 2.24) is 19.8 Å². The third-order valence-corrected chi connectivity index (χ3v) is 6.97. The SMILES string of the molecule is CN1CCN(c2ccc(N3C=CN(C4CC4)C3c3[nH]cnc3-c3ccc(F)cc3)cc2)CC1. The minimum absolute atomic E-state index is 0.00506. The van der Waals surface area contributed by atoms with Gasteiger partial charge < -0.3 is 24.6 Å². The Hall–Kier alpha value is -3.32. The van der Waals surface area contributed by atoms with Gasteiger partial charge >= 0.3 is 0 Å². The molecule has 0 radical (unpaired) electrons. The Bertz CT molecular complexity index is 1130. The highest BCUT2D eigenvalue weighted by atomic mass is 19.1. The number of likely N-dealkylation sites (N-methyl/N-ethyl adjacent to an activating group) is 1. The van der Waals surface area contributed by atoms with Gasteiger partial charge in [-0.1, -0.05) is 0 Å². The van der Waals surface area contributed by atoms with Crippen LogP contribution in [0.25, 0.3) is 11.3 Å². The molecule has 3 heterocycles. The zero-order chi connectivity index (χ0) is 22.4. The number of halogens is 1. The standard InChI is InChI=1S/C26H29FN6/c1-30-12-14-31(15-13-30)21-6-8-22(9-7-21)32-16-17-33(23-10-11-23)26(32)25-24(28-18-29-25)19-2-4-20(27)5-3-19/h2-9,16-18,23,26H,10-15H2,1H3,(H,28,29). The first-order valence-corrected chi connectivity index (χ1v) is 11.7. The number of nitrogens with zero attached hydrogens (tertiary/aromatic N) is 5. The molecule has 2 aromatic carbocycles. The van der Waals surface area contributed by atoms with Crippen molar-refractivity contribution in [1.29, 1.82) is 0 Å². The van der Waals surface area contributed by atoms with Crippen molar-refractivity contribution in [2.24, 2.45) is 0 Å². The van der Waals surface area contributed by atoms with Gasteiger partial charge in [-0.2, -0.15) is 0 Å². The molecule has 6 rings (SSSR count). The van der Waals surface area contributed by atoms with Gasteiger partial charge in [0.25, 0.3) is 0 Å². The van der Waals surface area contributed by atoms with Crippen LogP contribution >= 0.6 is 0 Å². The predicted octanol–water partition coefficient (Wildman–Crippen LogP) is 4.42. The zero-order valence-corrected chi connectivity index (χ0v) is 18.9. The third-order valence-electron chi connectivity index (χ3n) is 6.97. The van der Waals surface area contributed by atoms with Gasteiger partial charge in [0.15, 0.2) is 0 Å². The van der Waals surface area contributed by atoms with Gasteiger partial charge in [-0.25, -0.2) is 9.37 Å². The van der Waals surface area contributed by atoms with Gasteiger partial charge in [-0.15, -0.1) is 0 Å². The van der Waals surface area contributed by atoms with Crippen molar-refractivity contribution in [3.8, 4) is 11.3 Å². The van der Waals surface area contributed by atoms with Crippen molar-refractivity contribution < 1.29 is 4.39 Å². The summed E-state index contributed by atoms with van der Waals surface area (Å²) >= 11 is 0. The van der Waals surface area contributed by atoms with Crippen LogP contribution in [0.4, 0.5) is 15.8 Å². The van der Waals surface area contributed by atoms with Crippen LogP contribution in [0.2, 0.25) is 0 Å². The fourth-order valence-electron chi connectivity index (χ4n) is 4.90. The van der Waals surface area contributed by atoms with Gasteiger partial charge in [0.1, 0.15) is 12.0 Å². The number of H-pyrrole nitrogens is 1. The largest absolute Gasteiger partial charge is 0.369 e. The maximum Gasteiger partial charge on any atom is 0.149 e. The Morgan fingerprint density at radius 3 is 2.27 bits per heavy atom. The molecular weight excluding hydrogens is 415 g/mol. The van der Waals surface area contributed by atoms with Crippen LogP contribution in [-0.2, 0) is 0 Å². The van der Waals surface area contributed by atoms with Gasteiger partial charge in [-0.3, -0.25) is 0 Å². The normalized spacial score (nSPS) is 21.3. The number of hydrogen-bond donors (Lipinski definition) is 1. The van der Waals surface area contributed by atoms with E-state index < -0.39 is 0 Å². The lowest BCUT2D eigenvalue weighted by molar-refractivity contribution is 0.292. The molecule has 1 N–H and O–H groups in total. The molecular formula is C26H29FN6. The molecule has 1 aromatic heterocycles. The van der Waals surface area contributed by atoms with E-state index in [0.29, 0.717) is 6.04 Å². The van der Waals surface area contributed by atoms with E-state index in [9.17, 15) is 4.39 Å². The van der Waals surface area contributed by atoms with Crippen LogP contribution in [0.3, 0.4) is 0 Å². The molecule has 1 saturated carbocycles. The Morgan fingerprint density at radius 1 is 0.879 bits per heavy atom. The van der Waals surface area contributed by atoms with E-state index in [1.807, 2.05) is 0 Å². The van der Waals surface area contributed by atoms with Gasteiger partial charge in [0.2, 0.25) is 0 Å². The summed E-state index contributed by atoms with van der Waals surface area (Å²) in [6.07, 6.45) is 8.52. The quantitative estimate of drug-likeness (QED) is 0.631. The fourth-order valence-corrected chi connectivity index (χ4v) is 4.90. The summed E-state index contributed by atoms with van der Waals surface area (Å²) in [4.78, 5) is 17.6. The Balaban J connectivity index is 1.31. The number of piperazine rings is 1. The van der Waals surface area contributed by atoms with Crippen molar-refractivity contribution in [3.63, 3.8) is 0 Å². The van der Waals surface area contributed by atoms with Gasteiger partial charge in [0, 0.05) is 61.6 Å². The topological polar surface area (TPSA) is 41.6 Å². The highest BCUT2D eigenvalue weighted by Gasteiger charge is 2.40. The van der Waals surface area contributed by atoms with Crippen molar-refractivity contribution in [3.05, 3.63) is 78.8 Å². The Kier molecular flexibility index (Phi) is 5.06. The molecule has 3 aromatic rings. The number of hydrogen-bond acceptors (Lipinski definition) is 5. The Labute approximate surface area is 193 Å². The highest BCUT2D eigenvalue weighted by molar-refractivity contribution is 5.66. The lowest BCUT2D eigenvalue weighted by atomic mass is 10.1. The molecule has 3 aliphatic rings. The average molecular weight is 445 g/mol. The van der Waals surface area contributed by atoms with E-state index in [1.54, 1.807) is 18.5 Å².